The van der Waals surface area contributed by atoms with Crippen LogP contribution in [-0.2, 0) is 9.59 Å². The van der Waals surface area contributed by atoms with Gasteiger partial charge in [0.25, 0.3) is 0 Å². The molecule has 4 aromatic carbocycles. The number of hydrogen-bond acceptors (Lipinski definition) is 12. The van der Waals surface area contributed by atoms with E-state index in [1.165, 1.54) is 36.4 Å². The fourth-order valence-electron chi connectivity index (χ4n) is 4.99. The number of esters is 4. The van der Waals surface area contributed by atoms with Crippen molar-refractivity contribution in [3.63, 3.8) is 0 Å². The van der Waals surface area contributed by atoms with E-state index in [1.807, 2.05) is 0 Å². The second-order valence-corrected chi connectivity index (χ2v) is 12.7. The van der Waals surface area contributed by atoms with Crippen molar-refractivity contribution < 1.29 is 47.6 Å². The zero-order valence-electron chi connectivity index (χ0n) is 31.6. The number of carbonyl (C=O) groups is 4. The highest BCUT2D eigenvalue weighted by atomic mass is 16.6. The lowest BCUT2D eigenvalue weighted by molar-refractivity contribution is -0.135. The SMILES string of the molecule is CCCCOc1ccc(C(=O)Oc2ccc(OC(=O)CCCCCCC(=O)Oc3ccc(OC(=O)c4ccc(OCCCC)cc4)ccc3=O)c(=O)cc2)cc1. The van der Waals surface area contributed by atoms with Gasteiger partial charge in [-0.3, -0.25) is 19.2 Å². The normalized spacial score (nSPS) is 10.5. The molecule has 0 N–H and O–H groups in total. The molecule has 4 rings (SSSR count). The van der Waals surface area contributed by atoms with Crippen LogP contribution in [0.5, 0.6) is 34.5 Å². The van der Waals surface area contributed by atoms with Gasteiger partial charge >= 0.3 is 23.9 Å². The molecule has 0 aliphatic heterocycles. The molecule has 0 saturated carbocycles. The molecular weight excluding hydrogens is 720 g/mol. The van der Waals surface area contributed by atoms with Crippen LogP contribution < -0.4 is 39.3 Å². The van der Waals surface area contributed by atoms with Crippen LogP contribution in [0.25, 0.3) is 0 Å². The van der Waals surface area contributed by atoms with Gasteiger partial charge in [0, 0.05) is 12.8 Å². The molecule has 0 aliphatic rings. The smallest absolute Gasteiger partial charge is 0.343 e. The van der Waals surface area contributed by atoms with Gasteiger partial charge in [0.2, 0.25) is 10.9 Å². The van der Waals surface area contributed by atoms with Gasteiger partial charge < -0.3 is 28.4 Å². The maximum atomic E-state index is 12.6. The van der Waals surface area contributed by atoms with Crippen LogP contribution in [-0.4, -0.2) is 37.1 Å². The number of rotatable bonds is 21. The highest BCUT2D eigenvalue weighted by molar-refractivity contribution is 5.91. The van der Waals surface area contributed by atoms with Crippen molar-refractivity contribution in [2.75, 3.05) is 13.2 Å². The standard InChI is InChI=1S/C44H46O12/c1-3-5-29-51-33-17-13-31(14-18-33)43(49)53-35-21-25-37(45)39(27-23-35)55-41(47)11-9-7-8-10-12-42(48)56-40-28-24-36(22-26-38(40)46)54-44(50)32-15-19-34(20-16-32)52-30-6-4-2/h13-28H,3-12,29-30H2,1-2H3. The van der Waals surface area contributed by atoms with Gasteiger partial charge in [-0.05, 0) is 123 Å². The van der Waals surface area contributed by atoms with Crippen LogP contribution in [0.4, 0.5) is 0 Å². The van der Waals surface area contributed by atoms with Crippen LogP contribution in [0.3, 0.4) is 0 Å². The van der Waals surface area contributed by atoms with Crippen molar-refractivity contribution in [1.82, 2.24) is 0 Å². The summed E-state index contributed by atoms with van der Waals surface area (Å²) >= 11 is 0. The molecule has 4 aromatic rings. The first-order valence-corrected chi connectivity index (χ1v) is 18.8. The third kappa shape index (κ3) is 14.5. The minimum absolute atomic E-state index is 0.0359. The van der Waals surface area contributed by atoms with E-state index in [0.29, 0.717) is 61.5 Å². The average Bonchev–Trinajstić information content (AvgIpc) is 3.47. The molecule has 0 amide bonds. The number of hydrogen-bond donors (Lipinski definition) is 0. The van der Waals surface area contributed by atoms with E-state index >= 15 is 0 Å². The predicted molar refractivity (Wildman–Crippen MR) is 208 cm³/mol. The first kappa shape index (κ1) is 42.4. The van der Waals surface area contributed by atoms with Gasteiger partial charge in [0.15, 0.2) is 11.5 Å². The molecule has 12 heteroatoms. The van der Waals surface area contributed by atoms with Gasteiger partial charge in [-0.2, -0.15) is 0 Å². The molecule has 0 bridgehead atoms. The molecule has 0 radical (unpaired) electrons. The molecule has 0 aromatic heterocycles. The minimum atomic E-state index is -0.624. The van der Waals surface area contributed by atoms with Crippen LogP contribution in [0.15, 0.2) is 107 Å². The molecule has 56 heavy (non-hydrogen) atoms. The van der Waals surface area contributed by atoms with E-state index in [0.717, 1.165) is 37.8 Å². The Morgan fingerprint density at radius 2 is 0.768 bits per heavy atom. The molecule has 0 heterocycles. The lowest BCUT2D eigenvalue weighted by Gasteiger charge is -2.06. The number of benzene rings is 2. The molecule has 0 aliphatic carbocycles. The van der Waals surface area contributed by atoms with E-state index in [9.17, 15) is 28.8 Å². The third-order valence-corrected chi connectivity index (χ3v) is 8.18. The van der Waals surface area contributed by atoms with E-state index in [2.05, 4.69) is 13.8 Å². The Bertz CT molecular complexity index is 1890. The van der Waals surface area contributed by atoms with Crippen molar-refractivity contribution in [2.45, 2.75) is 78.1 Å². The fourth-order valence-corrected chi connectivity index (χ4v) is 4.99. The van der Waals surface area contributed by atoms with Crippen LogP contribution in [0, 0.1) is 0 Å². The summed E-state index contributed by atoms with van der Waals surface area (Å²) in [5.41, 5.74) is -0.524. The summed E-state index contributed by atoms with van der Waals surface area (Å²) in [6.07, 6.45) is 6.03. The number of ether oxygens (including phenoxy) is 6. The van der Waals surface area contributed by atoms with Crippen LogP contribution in [0.1, 0.15) is 98.8 Å². The van der Waals surface area contributed by atoms with Gasteiger partial charge in [-0.15, -0.1) is 0 Å². The summed E-state index contributed by atoms with van der Waals surface area (Å²) in [5, 5.41) is 0. The summed E-state index contributed by atoms with van der Waals surface area (Å²) in [6.45, 7) is 5.31. The second-order valence-electron chi connectivity index (χ2n) is 12.7. The number of carbonyl (C=O) groups excluding carboxylic acids is 4. The summed E-state index contributed by atoms with van der Waals surface area (Å²) in [6, 6.07) is 23.3. The Labute approximate surface area is 325 Å². The van der Waals surface area contributed by atoms with Gasteiger partial charge in [-0.25, -0.2) is 9.59 Å². The predicted octanol–water partition coefficient (Wildman–Crippen LogP) is 8.05. The lowest BCUT2D eigenvalue weighted by Crippen LogP contribution is -2.13. The first-order chi connectivity index (χ1) is 27.1. The van der Waals surface area contributed by atoms with Gasteiger partial charge in [0.1, 0.15) is 23.0 Å². The molecule has 12 nitrogen and oxygen atoms in total. The average molecular weight is 767 g/mol. The Hall–Kier alpha value is -6.30. The van der Waals surface area contributed by atoms with E-state index < -0.39 is 34.7 Å². The Kier molecular flexibility index (Phi) is 17.3. The summed E-state index contributed by atoms with van der Waals surface area (Å²) in [4.78, 5) is 75.1. The highest BCUT2D eigenvalue weighted by Gasteiger charge is 2.13. The molecule has 0 unspecified atom stereocenters. The summed E-state index contributed by atoms with van der Waals surface area (Å²) in [5.74, 6) is -1.39. The summed E-state index contributed by atoms with van der Waals surface area (Å²) in [7, 11) is 0. The lowest BCUT2D eigenvalue weighted by atomic mass is 10.1. The second kappa shape index (κ2) is 22.8. The van der Waals surface area contributed by atoms with Crippen molar-refractivity contribution >= 4 is 23.9 Å². The molecule has 0 saturated heterocycles. The molecule has 0 spiro atoms. The third-order valence-electron chi connectivity index (χ3n) is 8.18. The molecule has 294 valence electrons. The zero-order chi connectivity index (χ0) is 40.1. The maximum Gasteiger partial charge on any atom is 0.343 e. The van der Waals surface area contributed by atoms with E-state index in [1.54, 1.807) is 48.5 Å². The van der Waals surface area contributed by atoms with Gasteiger partial charge in [0.05, 0.1) is 24.3 Å². The zero-order valence-corrected chi connectivity index (χ0v) is 31.6. The topological polar surface area (TPSA) is 158 Å². The first-order valence-electron chi connectivity index (χ1n) is 18.8. The Morgan fingerprint density at radius 1 is 0.411 bits per heavy atom. The molecular formula is C44H46O12. The molecule has 0 atom stereocenters. The minimum Gasteiger partial charge on any atom is -0.494 e. The summed E-state index contributed by atoms with van der Waals surface area (Å²) < 4.78 is 32.5. The Balaban J connectivity index is 1.15. The van der Waals surface area contributed by atoms with Crippen LogP contribution in [0.2, 0.25) is 0 Å². The highest BCUT2D eigenvalue weighted by Crippen LogP contribution is 2.19. The van der Waals surface area contributed by atoms with Gasteiger partial charge in [-0.1, -0.05) is 39.5 Å². The van der Waals surface area contributed by atoms with E-state index in [4.69, 9.17) is 28.4 Å². The van der Waals surface area contributed by atoms with Crippen molar-refractivity contribution in [3.8, 4) is 34.5 Å². The van der Waals surface area contributed by atoms with Crippen LogP contribution >= 0.6 is 0 Å². The van der Waals surface area contributed by atoms with Crippen molar-refractivity contribution in [1.29, 1.82) is 0 Å². The quantitative estimate of drug-likeness (QED) is 0.0594. The monoisotopic (exact) mass is 766 g/mol. The van der Waals surface area contributed by atoms with E-state index in [-0.39, 0.29) is 35.8 Å². The van der Waals surface area contributed by atoms with Crippen molar-refractivity contribution in [2.24, 2.45) is 0 Å². The maximum absolute atomic E-state index is 12.6. The fraction of sp³-hybridized carbons (Fsp3) is 0.318. The molecule has 0 fully saturated rings. The largest absolute Gasteiger partial charge is 0.494 e. The Morgan fingerprint density at radius 3 is 1.14 bits per heavy atom. The van der Waals surface area contributed by atoms with Crippen molar-refractivity contribution in [3.05, 3.63) is 129 Å². The number of unbranched alkanes of at least 4 members (excludes halogenated alkanes) is 5.